The zero-order valence-electron chi connectivity index (χ0n) is 12.7. The highest BCUT2D eigenvalue weighted by Gasteiger charge is 2.26. The van der Waals surface area contributed by atoms with Crippen molar-refractivity contribution in [3.8, 4) is 0 Å². The van der Waals surface area contributed by atoms with Gasteiger partial charge in [-0.1, -0.05) is 5.16 Å². The van der Waals surface area contributed by atoms with Gasteiger partial charge in [0.15, 0.2) is 5.58 Å². The van der Waals surface area contributed by atoms with Crippen molar-refractivity contribution in [2.24, 2.45) is 0 Å². The van der Waals surface area contributed by atoms with Gasteiger partial charge in [-0.3, -0.25) is 0 Å². The lowest BCUT2D eigenvalue weighted by Crippen LogP contribution is -2.45. The van der Waals surface area contributed by atoms with Crippen LogP contribution in [0.2, 0.25) is 0 Å². The van der Waals surface area contributed by atoms with Crippen LogP contribution in [-0.2, 0) is 0 Å². The summed E-state index contributed by atoms with van der Waals surface area (Å²) in [6.45, 7) is 4.61. The number of aromatic nitrogens is 1. The van der Waals surface area contributed by atoms with E-state index < -0.39 is 0 Å². The molecule has 1 aromatic carbocycles. The molecule has 0 spiro atoms. The molecule has 2 saturated heterocycles. The number of likely N-dealkylation sites (tertiary alicyclic amines) is 1. The number of piperidine rings is 1. The molecular weight excluding hydrogens is 281 g/mol. The van der Waals surface area contributed by atoms with E-state index in [9.17, 15) is 4.39 Å². The predicted octanol–water partition coefficient (Wildman–Crippen LogP) is 2.90. The maximum absolute atomic E-state index is 13.2. The van der Waals surface area contributed by atoms with Crippen molar-refractivity contribution in [3.63, 3.8) is 0 Å². The molecule has 1 atom stereocenters. The molecule has 0 radical (unpaired) electrons. The Bertz CT molecular complexity index is 644. The molecular formula is C17H22FN3O. The summed E-state index contributed by atoms with van der Waals surface area (Å²) in [5.74, 6) is 0.166. The van der Waals surface area contributed by atoms with Crippen LogP contribution in [0.15, 0.2) is 22.7 Å². The maximum atomic E-state index is 13.2. The summed E-state index contributed by atoms with van der Waals surface area (Å²) >= 11 is 0. The molecule has 0 saturated carbocycles. The summed E-state index contributed by atoms with van der Waals surface area (Å²) in [6.07, 6.45) is 4.81. The third-order valence-electron chi connectivity index (χ3n) is 5.16. The van der Waals surface area contributed by atoms with Gasteiger partial charge in [0.25, 0.3) is 0 Å². The molecule has 22 heavy (non-hydrogen) atoms. The summed E-state index contributed by atoms with van der Waals surface area (Å²) in [5, 5.41) is 8.64. The molecule has 2 fully saturated rings. The van der Waals surface area contributed by atoms with Crippen molar-refractivity contribution >= 4 is 11.0 Å². The van der Waals surface area contributed by atoms with Gasteiger partial charge in [-0.25, -0.2) is 4.39 Å². The monoisotopic (exact) mass is 303 g/mol. The summed E-state index contributed by atoms with van der Waals surface area (Å²) in [5.41, 5.74) is 1.57. The molecule has 118 valence electrons. The van der Waals surface area contributed by atoms with E-state index in [1.807, 2.05) is 0 Å². The van der Waals surface area contributed by atoms with E-state index in [0.717, 1.165) is 43.1 Å². The molecule has 2 aromatic rings. The average molecular weight is 303 g/mol. The number of nitrogens with zero attached hydrogens (tertiary/aromatic N) is 2. The van der Waals surface area contributed by atoms with E-state index in [-0.39, 0.29) is 5.82 Å². The Morgan fingerprint density at radius 2 is 2.09 bits per heavy atom. The number of halogens is 1. The first-order chi connectivity index (χ1) is 10.8. The first-order valence-electron chi connectivity index (χ1n) is 8.30. The smallest absolute Gasteiger partial charge is 0.170 e. The van der Waals surface area contributed by atoms with E-state index in [2.05, 4.69) is 15.4 Å². The fourth-order valence-electron chi connectivity index (χ4n) is 3.59. The number of fused-ring (bicyclic) bond motifs is 1. The fourth-order valence-corrected chi connectivity index (χ4v) is 3.59. The first-order valence-corrected chi connectivity index (χ1v) is 8.30. The maximum Gasteiger partial charge on any atom is 0.170 e. The SMILES string of the molecule is Fc1ccc2c(C3CCN(CCC4CCN4)CC3)noc2c1. The van der Waals surface area contributed by atoms with E-state index in [0.29, 0.717) is 11.5 Å². The normalized spacial score (nSPS) is 23.8. The van der Waals surface area contributed by atoms with Crippen LogP contribution in [0.1, 0.15) is 37.3 Å². The van der Waals surface area contributed by atoms with Crippen molar-refractivity contribution in [2.75, 3.05) is 26.2 Å². The Kier molecular flexibility index (Phi) is 3.84. The zero-order chi connectivity index (χ0) is 14.9. The number of hydrogen-bond acceptors (Lipinski definition) is 4. The summed E-state index contributed by atoms with van der Waals surface area (Å²) < 4.78 is 18.5. The first kappa shape index (κ1) is 14.2. The molecule has 1 N–H and O–H groups in total. The zero-order valence-corrected chi connectivity index (χ0v) is 12.7. The lowest BCUT2D eigenvalue weighted by atomic mass is 9.91. The molecule has 4 nitrogen and oxygen atoms in total. The van der Waals surface area contributed by atoms with Gasteiger partial charge in [-0.05, 0) is 64.0 Å². The molecule has 0 aliphatic carbocycles. The molecule has 5 heteroatoms. The van der Waals surface area contributed by atoms with Crippen LogP contribution in [0.5, 0.6) is 0 Å². The van der Waals surface area contributed by atoms with Gasteiger partial charge < -0.3 is 14.7 Å². The highest BCUT2D eigenvalue weighted by Crippen LogP contribution is 2.32. The van der Waals surface area contributed by atoms with Gasteiger partial charge in [-0.2, -0.15) is 0 Å². The number of hydrogen-bond donors (Lipinski definition) is 1. The van der Waals surface area contributed by atoms with Crippen molar-refractivity contribution < 1.29 is 8.91 Å². The summed E-state index contributed by atoms with van der Waals surface area (Å²) in [7, 11) is 0. The third-order valence-corrected chi connectivity index (χ3v) is 5.16. The van der Waals surface area contributed by atoms with Crippen LogP contribution in [0.3, 0.4) is 0 Å². The Hall–Kier alpha value is -1.46. The highest BCUT2D eigenvalue weighted by molar-refractivity contribution is 5.79. The van der Waals surface area contributed by atoms with Crippen molar-refractivity contribution in [1.29, 1.82) is 0 Å². The standard InChI is InChI=1S/C17H22FN3O/c18-13-1-2-15-16(11-13)22-20-17(15)12-4-8-21(9-5-12)10-6-14-3-7-19-14/h1-2,11-12,14,19H,3-10H2. The van der Waals surface area contributed by atoms with Crippen molar-refractivity contribution in [1.82, 2.24) is 15.4 Å². The van der Waals surface area contributed by atoms with Gasteiger partial charge >= 0.3 is 0 Å². The molecule has 1 unspecified atom stereocenters. The quantitative estimate of drug-likeness (QED) is 0.943. The van der Waals surface area contributed by atoms with Gasteiger partial charge in [0, 0.05) is 23.4 Å². The van der Waals surface area contributed by atoms with Gasteiger partial charge in [-0.15, -0.1) is 0 Å². The van der Waals surface area contributed by atoms with Crippen LogP contribution < -0.4 is 5.32 Å². The van der Waals surface area contributed by atoms with Crippen LogP contribution >= 0.6 is 0 Å². The predicted molar refractivity (Wildman–Crippen MR) is 83.4 cm³/mol. The molecule has 0 bridgehead atoms. The Morgan fingerprint density at radius 3 is 2.82 bits per heavy atom. The number of nitrogens with one attached hydrogen (secondary N) is 1. The minimum atomic E-state index is -0.269. The summed E-state index contributed by atoms with van der Waals surface area (Å²) in [4.78, 5) is 2.55. The van der Waals surface area contributed by atoms with Crippen LogP contribution in [-0.4, -0.2) is 42.3 Å². The lowest BCUT2D eigenvalue weighted by Gasteiger charge is -2.34. The highest BCUT2D eigenvalue weighted by atomic mass is 19.1. The second kappa shape index (κ2) is 5.97. The Morgan fingerprint density at radius 1 is 1.27 bits per heavy atom. The molecule has 2 aliphatic heterocycles. The lowest BCUT2D eigenvalue weighted by molar-refractivity contribution is 0.189. The fraction of sp³-hybridized carbons (Fsp3) is 0.588. The second-order valence-electron chi connectivity index (χ2n) is 6.55. The Labute approximate surface area is 129 Å². The molecule has 3 heterocycles. The second-order valence-corrected chi connectivity index (χ2v) is 6.55. The van der Waals surface area contributed by atoms with E-state index >= 15 is 0 Å². The van der Waals surface area contributed by atoms with Gasteiger partial charge in [0.2, 0.25) is 0 Å². The molecule has 4 rings (SSSR count). The minimum absolute atomic E-state index is 0.269. The molecule has 1 aromatic heterocycles. The number of rotatable bonds is 4. The third kappa shape index (κ3) is 2.75. The molecule has 2 aliphatic rings. The topological polar surface area (TPSA) is 41.3 Å². The molecule has 0 amide bonds. The summed E-state index contributed by atoms with van der Waals surface area (Å²) in [6, 6.07) is 5.45. The van der Waals surface area contributed by atoms with Crippen molar-refractivity contribution in [3.05, 3.63) is 29.7 Å². The van der Waals surface area contributed by atoms with Gasteiger partial charge in [0.1, 0.15) is 5.82 Å². The largest absolute Gasteiger partial charge is 0.356 e. The van der Waals surface area contributed by atoms with E-state index in [1.165, 1.54) is 38.1 Å². The van der Waals surface area contributed by atoms with Crippen LogP contribution in [0.4, 0.5) is 4.39 Å². The number of benzene rings is 1. The van der Waals surface area contributed by atoms with Crippen molar-refractivity contribution in [2.45, 2.75) is 37.6 Å². The van der Waals surface area contributed by atoms with Gasteiger partial charge in [0.05, 0.1) is 5.69 Å². The van der Waals surface area contributed by atoms with Crippen LogP contribution in [0, 0.1) is 5.82 Å². The van der Waals surface area contributed by atoms with E-state index in [4.69, 9.17) is 4.52 Å². The van der Waals surface area contributed by atoms with Crippen LogP contribution in [0.25, 0.3) is 11.0 Å². The average Bonchev–Trinajstić information content (AvgIpc) is 2.89. The Balaban J connectivity index is 1.37. The van der Waals surface area contributed by atoms with E-state index in [1.54, 1.807) is 6.07 Å². The minimum Gasteiger partial charge on any atom is -0.356 e.